The van der Waals surface area contributed by atoms with Gasteiger partial charge in [-0.05, 0) is 37.5 Å². The van der Waals surface area contributed by atoms with Gasteiger partial charge in [0.25, 0.3) is 5.56 Å². The maximum atomic E-state index is 12.0. The Morgan fingerprint density at radius 1 is 1.22 bits per heavy atom. The second-order valence-electron chi connectivity index (χ2n) is 5.28. The third kappa shape index (κ3) is 1.89. The number of pyridine rings is 1. The van der Waals surface area contributed by atoms with Gasteiger partial charge in [-0.2, -0.15) is 0 Å². The van der Waals surface area contributed by atoms with Crippen molar-refractivity contribution in [3.8, 4) is 5.75 Å². The number of hydrogen-bond acceptors (Lipinski definition) is 3. The Labute approximate surface area is 104 Å². The molecule has 1 aromatic heterocycles. The van der Waals surface area contributed by atoms with E-state index in [1.807, 2.05) is 0 Å². The molecule has 0 bridgehead atoms. The fourth-order valence-electron chi connectivity index (χ4n) is 2.72. The van der Waals surface area contributed by atoms with Crippen LogP contribution in [0.2, 0.25) is 0 Å². The average molecular weight is 249 g/mol. The van der Waals surface area contributed by atoms with Gasteiger partial charge in [-0.25, -0.2) is 4.79 Å². The molecule has 1 heterocycles. The molecule has 96 valence electrons. The first-order chi connectivity index (χ1) is 8.58. The lowest BCUT2D eigenvalue weighted by molar-refractivity contribution is 0.0677. The summed E-state index contributed by atoms with van der Waals surface area (Å²) in [5.74, 6) is -0.580. The molecular weight excluding hydrogens is 234 g/mol. The standard InChI is InChI=1S/C13H15NO4/c15-9-5-10(13(17)18)14(11(16)6-9)12(7-1-2-7)8-3-4-8/h5-8,12,15H,1-4H2,(H,17,18). The van der Waals surface area contributed by atoms with Gasteiger partial charge in [0.05, 0.1) is 0 Å². The molecule has 0 aromatic carbocycles. The van der Waals surface area contributed by atoms with Crippen molar-refractivity contribution in [1.29, 1.82) is 0 Å². The fraction of sp³-hybridized carbons (Fsp3) is 0.538. The van der Waals surface area contributed by atoms with Crippen molar-refractivity contribution in [3.05, 3.63) is 28.2 Å². The topological polar surface area (TPSA) is 79.5 Å². The Hall–Kier alpha value is -1.78. The molecule has 2 saturated carbocycles. The molecule has 2 aliphatic carbocycles. The van der Waals surface area contributed by atoms with Crippen LogP contribution in [-0.2, 0) is 0 Å². The summed E-state index contributed by atoms with van der Waals surface area (Å²) in [6.45, 7) is 0. The normalized spacial score (nSPS) is 19.2. The van der Waals surface area contributed by atoms with Crippen LogP contribution in [0.15, 0.2) is 16.9 Å². The Morgan fingerprint density at radius 2 is 1.78 bits per heavy atom. The molecule has 0 unspecified atom stereocenters. The van der Waals surface area contributed by atoms with Crippen molar-refractivity contribution in [1.82, 2.24) is 4.57 Å². The number of carbonyl (C=O) groups is 1. The molecule has 3 rings (SSSR count). The highest BCUT2D eigenvalue weighted by Gasteiger charge is 2.44. The predicted octanol–water partition coefficient (Wildman–Crippen LogP) is 1.61. The number of aromatic hydroxyl groups is 1. The van der Waals surface area contributed by atoms with Crippen LogP contribution in [0.25, 0.3) is 0 Å². The van der Waals surface area contributed by atoms with Crippen molar-refractivity contribution < 1.29 is 15.0 Å². The maximum absolute atomic E-state index is 12.0. The van der Waals surface area contributed by atoms with E-state index in [9.17, 15) is 19.8 Å². The molecule has 0 amide bonds. The zero-order valence-electron chi connectivity index (χ0n) is 9.87. The number of nitrogens with zero attached hydrogens (tertiary/aromatic N) is 1. The number of rotatable bonds is 4. The van der Waals surface area contributed by atoms with Gasteiger partial charge in [0.15, 0.2) is 0 Å². The molecule has 18 heavy (non-hydrogen) atoms. The largest absolute Gasteiger partial charge is 0.508 e. The van der Waals surface area contributed by atoms with Gasteiger partial charge in [-0.15, -0.1) is 0 Å². The lowest BCUT2D eigenvalue weighted by Gasteiger charge is -2.21. The molecule has 0 spiro atoms. The zero-order valence-corrected chi connectivity index (χ0v) is 9.87. The van der Waals surface area contributed by atoms with Crippen LogP contribution in [0, 0.1) is 11.8 Å². The van der Waals surface area contributed by atoms with Gasteiger partial charge in [-0.3, -0.25) is 9.36 Å². The van der Waals surface area contributed by atoms with Crippen LogP contribution in [0.3, 0.4) is 0 Å². The Balaban J connectivity index is 2.13. The highest BCUT2D eigenvalue weighted by atomic mass is 16.4. The first kappa shape index (κ1) is 11.3. The third-order valence-electron chi connectivity index (χ3n) is 3.78. The van der Waals surface area contributed by atoms with Crippen LogP contribution >= 0.6 is 0 Å². The van der Waals surface area contributed by atoms with E-state index >= 15 is 0 Å². The van der Waals surface area contributed by atoms with E-state index in [0.717, 1.165) is 31.7 Å². The minimum atomic E-state index is -1.16. The van der Waals surface area contributed by atoms with Crippen LogP contribution in [-0.4, -0.2) is 20.7 Å². The maximum Gasteiger partial charge on any atom is 0.352 e. The van der Waals surface area contributed by atoms with Crippen molar-refractivity contribution in [2.45, 2.75) is 31.7 Å². The first-order valence-electron chi connectivity index (χ1n) is 6.27. The highest BCUT2D eigenvalue weighted by molar-refractivity contribution is 5.86. The first-order valence-corrected chi connectivity index (χ1v) is 6.27. The smallest absolute Gasteiger partial charge is 0.352 e. The van der Waals surface area contributed by atoms with E-state index in [0.29, 0.717) is 11.8 Å². The second-order valence-corrected chi connectivity index (χ2v) is 5.28. The molecule has 2 aliphatic rings. The van der Waals surface area contributed by atoms with Crippen molar-refractivity contribution in [2.75, 3.05) is 0 Å². The summed E-state index contributed by atoms with van der Waals surface area (Å²) in [7, 11) is 0. The summed E-state index contributed by atoms with van der Waals surface area (Å²) in [5, 5.41) is 18.6. The molecule has 2 N–H and O–H groups in total. The van der Waals surface area contributed by atoms with E-state index in [1.165, 1.54) is 10.6 Å². The molecule has 5 heteroatoms. The number of aromatic carboxylic acids is 1. The van der Waals surface area contributed by atoms with Crippen LogP contribution in [0.4, 0.5) is 0 Å². The third-order valence-corrected chi connectivity index (χ3v) is 3.78. The van der Waals surface area contributed by atoms with Gasteiger partial charge in [0, 0.05) is 18.2 Å². The highest BCUT2D eigenvalue weighted by Crippen LogP contribution is 2.51. The van der Waals surface area contributed by atoms with Gasteiger partial charge in [-0.1, -0.05) is 0 Å². The minimum absolute atomic E-state index is 0.00389. The van der Waals surface area contributed by atoms with Crippen LogP contribution in [0.5, 0.6) is 5.75 Å². The van der Waals surface area contributed by atoms with E-state index in [2.05, 4.69) is 0 Å². The number of carboxylic acids is 1. The molecule has 2 fully saturated rings. The number of hydrogen-bond donors (Lipinski definition) is 2. The summed E-state index contributed by atoms with van der Waals surface area (Å²) in [6, 6.07) is 2.27. The summed E-state index contributed by atoms with van der Waals surface area (Å²) in [5.41, 5.74) is -0.500. The van der Waals surface area contributed by atoms with Gasteiger partial charge in [0.2, 0.25) is 0 Å². The fourth-order valence-corrected chi connectivity index (χ4v) is 2.72. The molecule has 0 aliphatic heterocycles. The zero-order chi connectivity index (χ0) is 12.9. The predicted molar refractivity (Wildman–Crippen MR) is 63.8 cm³/mol. The molecule has 0 saturated heterocycles. The van der Waals surface area contributed by atoms with Gasteiger partial charge in [0.1, 0.15) is 11.4 Å². The van der Waals surface area contributed by atoms with Gasteiger partial charge >= 0.3 is 5.97 Å². The summed E-state index contributed by atoms with van der Waals surface area (Å²) in [6.07, 6.45) is 4.25. The Bertz CT molecular complexity index is 543. The van der Waals surface area contributed by atoms with E-state index < -0.39 is 11.5 Å². The van der Waals surface area contributed by atoms with Crippen LogP contribution < -0.4 is 5.56 Å². The summed E-state index contributed by atoms with van der Waals surface area (Å²) < 4.78 is 1.39. The molecule has 1 aromatic rings. The lowest BCUT2D eigenvalue weighted by atomic mass is 10.1. The second kappa shape index (κ2) is 3.86. The number of aromatic nitrogens is 1. The minimum Gasteiger partial charge on any atom is -0.508 e. The van der Waals surface area contributed by atoms with Crippen molar-refractivity contribution >= 4 is 5.97 Å². The van der Waals surface area contributed by atoms with Gasteiger partial charge < -0.3 is 10.2 Å². The van der Waals surface area contributed by atoms with Crippen molar-refractivity contribution in [3.63, 3.8) is 0 Å². The molecule has 5 nitrogen and oxygen atoms in total. The lowest BCUT2D eigenvalue weighted by Crippen LogP contribution is -2.31. The quantitative estimate of drug-likeness (QED) is 0.849. The van der Waals surface area contributed by atoms with E-state index in [-0.39, 0.29) is 17.5 Å². The van der Waals surface area contributed by atoms with Crippen LogP contribution in [0.1, 0.15) is 42.2 Å². The molecular formula is C13H15NO4. The SMILES string of the molecule is O=C(O)c1cc(O)cc(=O)n1C(C1CC1)C1CC1. The summed E-state index contributed by atoms with van der Waals surface area (Å²) in [4.78, 5) is 23.3. The average Bonchev–Trinajstić information content (AvgIpc) is 3.12. The monoisotopic (exact) mass is 249 g/mol. The Morgan fingerprint density at radius 3 is 2.22 bits per heavy atom. The Kier molecular flexibility index (Phi) is 2.43. The summed E-state index contributed by atoms with van der Waals surface area (Å²) >= 11 is 0. The molecule has 0 radical (unpaired) electrons. The molecule has 0 atom stereocenters. The number of carboxylic acid groups (broad SMARTS) is 1. The van der Waals surface area contributed by atoms with Crippen molar-refractivity contribution in [2.24, 2.45) is 11.8 Å². The van der Waals surface area contributed by atoms with E-state index in [1.54, 1.807) is 0 Å². The van der Waals surface area contributed by atoms with E-state index in [4.69, 9.17) is 0 Å².